The first-order valence-corrected chi connectivity index (χ1v) is 17.4. The van der Waals surface area contributed by atoms with Crippen LogP contribution in [-0.4, -0.2) is 57.1 Å². The quantitative estimate of drug-likeness (QED) is 0.144. The number of amides is 2. The highest BCUT2D eigenvalue weighted by molar-refractivity contribution is 7.98. The van der Waals surface area contributed by atoms with Crippen LogP contribution in [-0.2, 0) is 26.2 Å². The second-order valence-electron chi connectivity index (χ2n) is 9.63. The van der Waals surface area contributed by atoms with Gasteiger partial charge in [0, 0.05) is 33.6 Å². The Morgan fingerprint density at radius 1 is 0.977 bits per heavy atom. The van der Waals surface area contributed by atoms with Crippen LogP contribution in [0.15, 0.2) is 76.5 Å². The molecule has 0 aliphatic carbocycles. The molecule has 12 heteroatoms. The van der Waals surface area contributed by atoms with Crippen molar-refractivity contribution in [1.29, 1.82) is 0 Å². The van der Waals surface area contributed by atoms with E-state index in [0.717, 1.165) is 22.0 Å². The molecule has 0 aromatic heterocycles. The number of benzene rings is 3. The first-order valence-electron chi connectivity index (χ1n) is 13.9. The van der Waals surface area contributed by atoms with Gasteiger partial charge in [-0.05, 0) is 75.1 Å². The number of carbonyl (C=O) groups is 2. The predicted octanol–water partition coefficient (Wildman–Crippen LogP) is 6.64. The van der Waals surface area contributed by atoms with E-state index in [2.05, 4.69) is 5.32 Å². The van der Waals surface area contributed by atoms with Crippen molar-refractivity contribution in [2.24, 2.45) is 0 Å². The Balaban J connectivity index is 2.09. The number of hydrogen-bond acceptors (Lipinski definition) is 6. The summed E-state index contributed by atoms with van der Waals surface area (Å²) >= 11 is 14.4. The molecule has 0 aliphatic rings. The normalized spacial score (nSPS) is 12.0. The summed E-state index contributed by atoms with van der Waals surface area (Å²) in [6, 6.07) is 17.1. The first kappa shape index (κ1) is 34.6. The molecule has 3 rings (SSSR count). The number of ether oxygens (including phenoxy) is 1. The van der Waals surface area contributed by atoms with E-state index in [1.807, 2.05) is 13.2 Å². The summed E-state index contributed by atoms with van der Waals surface area (Å²) in [6.07, 6.45) is 3.56. The number of anilines is 1. The molecule has 0 saturated heterocycles. The Labute approximate surface area is 268 Å². The molecule has 0 saturated carbocycles. The highest BCUT2D eigenvalue weighted by atomic mass is 35.5. The topological polar surface area (TPSA) is 96.0 Å². The molecule has 232 valence electrons. The zero-order valence-corrected chi connectivity index (χ0v) is 27.8. The van der Waals surface area contributed by atoms with Crippen molar-refractivity contribution in [3.05, 3.63) is 82.3 Å². The highest BCUT2D eigenvalue weighted by Gasteiger charge is 2.34. The summed E-state index contributed by atoms with van der Waals surface area (Å²) in [6.45, 7) is 5.41. The largest absolute Gasteiger partial charge is 0.492 e. The molecule has 0 bridgehead atoms. The maximum absolute atomic E-state index is 14.2. The van der Waals surface area contributed by atoms with Gasteiger partial charge in [0.05, 0.1) is 17.2 Å². The molecule has 0 spiro atoms. The molecule has 2 amide bonds. The molecular formula is C31H37Cl2N3O5S2. The van der Waals surface area contributed by atoms with Crippen LogP contribution < -0.4 is 14.4 Å². The van der Waals surface area contributed by atoms with Crippen LogP contribution in [0.4, 0.5) is 5.69 Å². The summed E-state index contributed by atoms with van der Waals surface area (Å²) in [5.74, 6) is -0.695. The average Bonchev–Trinajstić information content (AvgIpc) is 3.00. The van der Waals surface area contributed by atoms with Gasteiger partial charge in [-0.2, -0.15) is 0 Å². The van der Waals surface area contributed by atoms with Gasteiger partial charge >= 0.3 is 0 Å². The summed E-state index contributed by atoms with van der Waals surface area (Å²) in [7, 11) is -4.26. The number of nitrogens with zero attached hydrogens (tertiary/aromatic N) is 2. The van der Waals surface area contributed by atoms with Gasteiger partial charge in [0.25, 0.3) is 10.0 Å². The first-order chi connectivity index (χ1) is 20.5. The van der Waals surface area contributed by atoms with Gasteiger partial charge in [-0.25, -0.2) is 8.42 Å². The van der Waals surface area contributed by atoms with Crippen LogP contribution in [0.1, 0.15) is 39.2 Å². The lowest BCUT2D eigenvalue weighted by Gasteiger charge is -2.32. The minimum absolute atomic E-state index is 0.00968. The van der Waals surface area contributed by atoms with Gasteiger partial charge in [-0.1, -0.05) is 54.7 Å². The smallest absolute Gasteiger partial charge is 0.264 e. The second-order valence-corrected chi connectivity index (χ2v) is 13.2. The Hall–Kier alpha value is -2.92. The minimum atomic E-state index is -4.26. The number of carbonyl (C=O) groups excluding carboxylic acids is 2. The van der Waals surface area contributed by atoms with E-state index in [1.54, 1.807) is 68.4 Å². The summed E-state index contributed by atoms with van der Waals surface area (Å²) in [4.78, 5) is 29.6. The van der Waals surface area contributed by atoms with Gasteiger partial charge in [0.2, 0.25) is 11.8 Å². The minimum Gasteiger partial charge on any atom is -0.492 e. The fraction of sp³-hybridized carbons (Fsp3) is 0.355. The number of rotatable bonds is 15. The molecule has 0 radical (unpaired) electrons. The standard InChI is InChI=1S/C31H37Cl2N3O5S2/c1-5-7-19-34-31(38)22(3)35(20-25-26(32)11-10-12-27(25)33)30(37)21-36(28-13-8-9-14-29(28)41-6-2)43(39,40)24-17-15-23(42-4)16-18-24/h8-18,22H,5-7,19-21H2,1-4H3,(H,34,38)/t22-/m0/s1. The van der Waals surface area contributed by atoms with Gasteiger partial charge in [-0.3, -0.25) is 13.9 Å². The third-order valence-corrected chi connectivity index (χ3v) is 9.97. The van der Waals surface area contributed by atoms with E-state index in [1.165, 1.54) is 28.8 Å². The third-order valence-electron chi connectivity index (χ3n) is 6.75. The molecule has 3 aromatic carbocycles. The van der Waals surface area contributed by atoms with Crippen LogP contribution in [0.2, 0.25) is 10.0 Å². The fourth-order valence-corrected chi connectivity index (χ4v) is 6.65. The monoisotopic (exact) mass is 665 g/mol. The Morgan fingerprint density at radius 2 is 1.63 bits per heavy atom. The van der Waals surface area contributed by atoms with Crippen LogP contribution in [0, 0.1) is 0 Å². The lowest BCUT2D eigenvalue weighted by molar-refractivity contribution is -0.139. The van der Waals surface area contributed by atoms with Crippen molar-refractivity contribution < 1.29 is 22.7 Å². The maximum Gasteiger partial charge on any atom is 0.264 e. The van der Waals surface area contributed by atoms with E-state index in [9.17, 15) is 18.0 Å². The molecule has 0 heterocycles. The molecule has 3 aromatic rings. The van der Waals surface area contributed by atoms with Crippen LogP contribution in [0.25, 0.3) is 0 Å². The zero-order valence-electron chi connectivity index (χ0n) is 24.7. The van der Waals surface area contributed by atoms with Crippen molar-refractivity contribution in [2.75, 3.05) is 30.3 Å². The summed E-state index contributed by atoms with van der Waals surface area (Å²) in [5.41, 5.74) is 0.645. The molecule has 1 N–H and O–H groups in total. The number of halogens is 2. The van der Waals surface area contributed by atoms with Crippen molar-refractivity contribution in [3.63, 3.8) is 0 Å². The van der Waals surface area contributed by atoms with E-state index < -0.39 is 28.5 Å². The summed E-state index contributed by atoms with van der Waals surface area (Å²) in [5, 5.41) is 3.51. The Kier molecular flexibility index (Phi) is 13.1. The van der Waals surface area contributed by atoms with E-state index in [-0.39, 0.29) is 29.6 Å². The highest BCUT2D eigenvalue weighted by Crippen LogP contribution is 2.34. The number of nitrogens with one attached hydrogen (secondary N) is 1. The van der Waals surface area contributed by atoms with Crippen LogP contribution in [0.3, 0.4) is 0 Å². The van der Waals surface area contributed by atoms with Crippen molar-refractivity contribution in [3.8, 4) is 5.75 Å². The molecule has 8 nitrogen and oxygen atoms in total. The van der Waals surface area contributed by atoms with E-state index in [4.69, 9.17) is 27.9 Å². The van der Waals surface area contributed by atoms with E-state index in [0.29, 0.717) is 27.9 Å². The molecule has 0 fully saturated rings. The van der Waals surface area contributed by atoms with Gasteiger partial charge in [0.15, 0.2) is 0 Å². The van der Waals surface area contributed by atoms with Gasteiger partial charge in [0.1, 0.15) is 18.3 Å². The molecule has 43 heavy (non-hydrogen) atoms. The maximum atomic E-state index is 14.2. The van der Waals surface area contributed by atoms with Crippen LogP contribution in [0.5, 0.6) is 5.75 Å². The van der Waals surface area contributed by atoms with Gasteiger partial charge < -0.3 is 15.0 Å². The number of thioether (sulfide) groups is 1. The van der Waals surface area contributed by atoms with Crippen molar-refractivity contribution in [1.82, 2.24) is 10.2 Å². The summed E-state index contributed by atoms with van der Waals surface area (Å²) < 4.78 is 35.1. The fourth-order valence-electron chi connectivity index (χ4n) is 4.30. The van der Waals surface area contributed by atoms with Crippen molar-refractivity contribution in [2.45, 2.75) is 56.0 Å². The Morgan fingerprint density at radius 3 is 2.23 bits per heavy atom. The average molecular weight is 667 g/mol. The third kappa shape index (κ3) is 8.81. The lowest BCUT2D eigenvalue weighted by Crippen LogP contribution is -2.51. The number of hydrogen-bond donors (Lipinski definition) is 1. The predicted molar refractivity (Wildman–Crippen MR) is 175 cm³/mol. The molecule has 0 aliphatic heterocycles. The number of sulfonamides is 1. The SMILES string of the molecule is CCCCNC(=O)[C@H](C)N(Cc1c(Cl)cccc1Cl)C(=O)CN(c1ccccc1OCC)S(=O)(=O)c1ccc(SC)cc1. The second kappa shape index (κ2) is 16.2. The molecular weight excluding hydrogens is 629 g/mol. The van der Waals surface area contributed by atoms with E-state index >= 15 is 0 Å². The lowest BCUT2D eigenvalue weighted by atomic mass is 10.1. The number of unbranched alkanes of at least 4 members (excludes halogenated alkanes) is 1. The van der Waals surface area contributed by atoms with Crippen LogP contribution >= 0.6 is 35.0 Å². The van der Waals surface area contributed by atoms with Crippen molar-refractivity contribution >= 4 is 62.5 Å². The Bertz CT molecular complexity index is 1480. The zero-order chi connectivity index (χ0) is 31.6. The van der Waals surface area contributed by atoms with Gasteiger partial charge in [-0.15, -0.1) is 11.8 Å². The molecule has 1 atom stereocenters. The number of para-hydroxylation sites is 2. The molecule has 0 unspecified atom stereocenters.